The number of carbonyl (C=O) groups is 1. The van der Waals surface area contributed by atoms with Gasteiger partial charge < -0.3 is 5.11 Å². The highest BCUT2D eigenvalue weighted by molar-refractivity contribution is 5.74. The van der Waals surface area contributed by atoms with Gasteiger partial charge in [0, 0.05) is 0 Å². The molecule has 11 heavy (non-hydrogen) atoms. The third-order valence-electron chi connectivity index (χ3n) is 1.91. The van der Waals surface area contributed by atoms with Crippen LogP contribution in [0.25, 0.3) is 0 Å². The highest BCUT2D eigenvalue weighted by atomic mass is 16.4. The number of allylic oxidation sites excluding steroid dienone is 1. The van der Waals surface area contributed by atoms with E-state index in [0.29, 0.717) is 12.8 Å². The van der Waals surface area contributed by atoms with E-state index in [9.17, 15) is 4.79 Å². The minimum atomic E-state index is -0.723. The van der Waals surface area contributed by atoms with E-state index in [1.54, 1.807) is 13.0 Å². The monoisotopic (exact) mass is 156 g/mol. The van der Waals surface area contributed by atoms with Crippen molar-refractivity contribution in [3.05, 3.63) is 12.7 Å². The van der Waals surface area contributed by atoms with Crippen LogP contribution in [0.1, 0.15) is 33.1 Å². The van der Waals surface area contributed by atoms with Crippen molar-refractivity contribution in [2.24, 2.45) is 5.41 Å². The third-order valence-corrected chi connectivity index (χ3v) is 1.91. The molecule has 0 aliphatic heterocycles. The molecule has 0 aromatic rings. The van der Waals surface area contributed by atoms with Gasteiger partial charge in [-0.1, -0.05) is 19.4 Å². The first-order valence-corrected chi connectivity index (χ1v) is 3.91. The molecule has 0 saturated carbocycles. The van der Waals surface area contributed by atoms with Gasteiger partial charge in [-0.05, 0) is 19.8 Å². The van der Waals surface area contributed by atoms with Crippen molar-refractivity contribution in [2.75, 3.05) is 0 Å². The van der Waals surface area contributed by atoms with Gasteiger partial charge in [0.25, 0.3) is 0 Å². The Balaban J connectivity index is 4.24. The zero-order valence-electron chi connectivity index (χ0n) is 7.26. The van der Waals surface area contributed by atoms with Crippen LogP contribution in [0.15, 0.2) is 12.7 Å². The molecule has 0 heterocycles. The summed E-state index contributed by atoms with van der Waals surface area (Å²) in [5, 5.41) is 8.85. The van der Waals surface area contributed by atoms with E-state index in [1.165, 1.54) is 0 Å². The van der Waals surface area contributed by atoms with Gasteiger partial charge in [0.15, 0.2) is 0 Å². The lowest BCUT2D eigenvalue weighted by molar-refractivity contribution is -0.148. The molecule has 2 nitrogen and oxygen atoms in total. The lowest BCUT2D eigenvalue weighted by Crippen LogP contribution is -2.26. The highest BCUT2D eigenvalue weighted by Crippen LogP contribution is 2.27. The van der Waals surface area contributed by atoms with Crippen LogP contribution >= 0.6 is 0 Å². The summed E-state index contributed by atoms with van der Waals surface area (Å²) in [6.45, 7) is 7.30. The molecule has 0 aromatic carbocycles. The standard InChI is InChI=1S/C9H16O2/c1-4-6-9(3,7-5-2)8(10)11/h4H,1,5-7H2,2-3H3,(H,10,11). The molecule has 0 spiro atoms. The van der Waals surface area contributed by atoms with Crippen molar-refractivity contribution >= 4 is 5.97 Å². The third kappa shape index (κ3) is 2.74. The molecular formula is C9H16O2. The van der Waals surface area contributed by atoms with E-state index in [4.69, 9.17) is 5.11 Å². The fourth-order valence-corrected chi connectivity index (χ4v) is 1.17. The lowest BCUT2D eigenvalue weighted by Gasteiger charge is -2.21. The zero-order valence-corrected chi connectivity index (χ0v) is 7.26. The van der Waals surface area contributed by atoms with E-state index in [1.807, 2.05) is 6.92 Å². The first-order chi connectivity index (χ1) is 5.06. The topological polar surface area (TPSA) is 37.3 Å². The first kappa shape index (κ1) is 10.2. The Labute approximate surface area is 67.9 Å². The van der Waals surface area contributed by atoms with E-state index in [-0.39, 0.29) is 0 Å². The van der Waals surface area contributed by atoms with Crippen molar-refractivity contribution in [1.82, 2.24) is 0 Å². The van der Waals surface area contributed by atoms with E-state index in [0.717, 1.165) is 6.42 Å². The van der Waals surface area contributed by atoms with Gasteiger partial charge in [0.2, 0.25) is 0 Å². The van der Waals surface area contributed by atoms with Crippen molar-refractivity contribution in [2.45, 2.75) is 33.1 Å². The summed E-state index contributed by atoms with van der Waals surface area (Å²) in [4.78, 5) is 10.8. The fourth-order valence-electron chi connectivity index (χ4n) is 1.17. The molecule has 0 bridgehead atoms. The first-order valence-electron chi connectivity index (χ1n) is 3.91. The number of aliphatic carboxylic acids is 1. The molecule has 0 rings (SSSR count). The van der Waals surface area contributed by atoms with Crippen LogP contribution < -0.4 is 0 Å². The Kier molecular flexibility index (Phi) is 3.86. The van der Waals surface area contributed by atoms with Crippen LogP contribution in [0.3, 0.4) is 0 Å². The van der Waals surface area contributed by atoms with Crippen LogP contribution in [0.2, 0.25) is 0 Å². The van der Waals surface area contributed by atoms with Gasteiger partial charge in [0.05, 0.1) is 5.41 Å². The summed E-state index contributed by atoms with van der Waals surface area (Å²) in [7, 11) is 0. The van der Waals surface area contributed by atoms with Crippen LogP contribution in [0, 0.1) is 5.41 Å². The summed E-state index contributed by atoms with van der Waals surface area (Å²) in [6.07, 6.45) is 3.84. The highest BCUT2D eigenvalue weighted by Gasteiger charge is 2.30. The maximum absolute atomic E-state index is 10.8. The quantitative estimate of drug-likeness (QED) is 0.621. The largest absolute Gasteiger partial charge is 0.481 e. The Bertz CT molecular complexity index is 152. The molecule has 0 aromatic heterocycles. The number of carboxylic acids is 1. The second kappa shape index (κ2) is 4.16. The van der Waals surface area contributed by atoms with Crippen LogP contribution in [-0.4, -0.2) is 11.1 Å². The number of hydrogen-bond donors (Lipinski definition) is 1. The average molecular weight is 156 g/mol. The Hall–Kier alpha value is -0.790. The maximum Gasteiger partial charge on any atom is 0.309 e. The summed E-state index contributed by atoms with van der Waals surface area (Å²) in [6, 6.07) is 0. The van der Waals surface area contributed by atoms with Gasteiger partial charge in [-0.15, -0.1) is 6.58 Å². The minimum absolute atomic E-state index is 0.552. The van der Waals surface area contributed by atoms with Crippen LogP contribution in [0.4, 0.5) is 0 Å². The molecule has 2 heteroatoms. The molecule has 1 unspecified atom stereocenters. The van der Waals surface area contributed by atoms with Crippen LogP contribution in [-0.2, 0) is 4.79 Å². The van der Waals surface area contributed by atoms with Gasteiger partial charge in [-0.2, -0.15) is 0 Å². The van der Waals surface area contributed by atoms with Gasteiger partial charge in [0.1, 0.15) is 0 Å². The second-order valence-corrected chi connectivity index (χ2v) is 3.11. The molecule has 0 aliphatic rings. The Morgan fingerprint density at radius 2 is 2.27 bits per heavy atom. The van der Waals surface area contributed by atoms with Crippen LogP contribution in [0.5, 0.6) is 0 Å². The van der Waals surface area contributed by atoms with E-state index in [2.05, 4.69) is 6.58 Å². The molecule has 0 amide bonds. The molecule has 0 saturated heterocycles. The van der Waals surface area contributed by atoms with Crippen molar-refractivity contribution < 1.29 is 9.90 Å². The van der Waals surface area contributed by atoms with Crippen molar-refractivity contribution in [3.63, 3.8) is 0 Å². The smallest absolute Gasteiger partial charge is 0.309 e. The van der Waals surface area contributed by atoms with Crippen molar-refractivity contribution in [3.8, 4) is 0 Å². The number of carboxylic acid groups (broad SMARTS) is 1. The molecule has 1 N–H and O–H groups in total. The Morgan fingerprint density at radius 3 is 2.55 bits per heavy atom. The van der Waals surface area contributed by atoms with Gasteiger partial charge >= 0.3 is 5.97 Å². The van der Waals surface area contributed by atoms with Gasteiger partial charge in [-0.3, -0.25) is 4.79 Å². The molecule has 64 valence electrons. The molecular weight excluding hydrogens is 140 g/mol. The van der Waals surface area contributed by atoms with E-state index >= 15 is 0 Å². The minimum Gasteiger partial charge on any atom is -0.481 e. The van der Waals surface area contributed by atoms with Crippen molar-refractivity contribution in [1.29, 1.82) is 0 Å². The molecule has 1 atom stereocenters. The molecule has 0 fully saturated rings. The predicted molar refractivity (Wildman–Crippen MR) is 45.5 cm³/mol. The average Bonchev–Trinajstić information content (AvgIpc) is 1.88. The summed E-state index contributed by atoms with van der Waals surface area (Å²) in [5.41, 5.74) is -0.601. The summed E-state index contributed by atoms with van der Waals surface area (Å²) >= 11 is 0. The lowest BCUT2D eigenvalue weighted by atomic mass is 9.82. The normalized spacial score (nSPS) is 15.5. The number of rotatable bonds is 5. The Morgan fingerprint density at radius 1 is 1.73 bits per heavy atom. The second-order valence-electron chi connectivity index (χ2n) is 3.11. The summed E-state index contributed by atoms with van der Waals surface area (Å²) in [5.74, 6) is -0.723. The zero-order chi connectivity index (χ0) is 8.91. The molecule has 0 radical (unpaired) electrons. The fraction of sp³-hybridized carbons (Fsp3) is 0.667. The summed E-state index contributed by atoms with van der Waals surface area (Å²) < 4.78 is 0. The van der Waals surface area contributed by atoms with Gasteiger partial charge in [-0.25, -0.2) is 0 Å². The predicted octanol–water partition coefficient (Wildman–Crippen LogP) is 2.45. The van der Waals surface area contributed by atoms with E-state index < -0.39 is 11.4 Å². The number of hydrogen-bond acceptors (Lipinski definition) is 1. The molecule has 0 aliphatic carbocycles. The maximum atomic E-state index is 10.8. The SMILES string of the molecule is C=CCC(C)(CCC)C(=O)O.